The summed E-state index contributed by atoms with van der Waals surface area (Å²) in [6.45, 7) is 7.80. The van der Waals surface area contributed by atoms with Crippen molar-refractivity contribution < 1.29 is 12.6 Å². The lowest BCUT2D eigenvalue weighted by molar-refractivity contribution is 0.333. The number of nitrogens with one attached hydrogen (secondary N) is 1. The molecule has 1 N–H and O–H groups in total. The topological polar surface area (TPSA) is 104 Å². The molecule has 0 atom stereocenters. The standard InChI is InChI=1S/C21H24N6O3S/c1-5-30-31(28,29)27-9-8-16-10-18(6-7-19(16)27)24-21-22-11-15(4)20(25-21)17-12-23-26(13-17)14(2)3/h6-14H,5H2,1-4H3,(H,22,24,25). The molecule has 3 aromatic heterocycles. The summed E-state index contributed by atoms with van der Waals surface area (Å²) >= 11 is 0. The summed E-state index contributed by atoms with van der Waals surface area (Å²) in [7, 11) is -3.85. The van der Waals surface area contributed by atoms with E-state index in [4.69, 9.17) is 4.18 Å². The van der Waals surface area contributed by atoms with E-state index in [0.29, 0.717) is 11.5 Å². The fourth-order valence-corrected chi connectivity index (χ4v) is 4.29. The lowest BCUT2D eigenvalue weighted by Gasteiger charge is -2.09. The first-order valence-corrected chi connectivity index (χ1v) is 11.3. The molecular formula is C21H24N6O3S. The number of hydrogen-bond acceptors (Lipinski definition) is 7. The number of aromatic nitrogens is 5. The first kappa shape index (κ1) is 21.0. The van der Waals surface area contributed by atoms with Gasteiger partial charge in [0.05, 0.1) is 24.0 Å². The minimum Gasteiger partial charge on any atom is -0.324 e. The monoisotopic (exact) mass is 440 g/mol. The van der Waals surface area contributed by atoms with Crippen LogP contribution in [-0.4, -0.2) is 38.7 Å². The van der Waals surface area contributed by atoms with Crippen LogP contribution in [0, 0.1) is 6.92 Å². The molecule has 0 saturated carbocycles. The maximum atomic E-state index is 12.2. The highest BCUT2D eigenvalue weighted by Crippen LogP contribution is 2.26. The number of rotatable bonds is 7. The van der Waals surface area contributed by atoms with Gasteiger partial charge in [0.25, 0.3) is 0 Å². The minimum absolute atomic E-state index is 0.0742. The van der Waals surface area contributed by atoms with Crippen molar-refractivity contribution in [3.63, 3.8) is 0 Å². The molecule has 0 spiro atoms. The quantitative estimate of drug-likeness (QED) is 0.462. The summed E-state index contributed by atoms with van der Waals surface area (Å²) in [6, 6.07) is 7.32. The average Bonchev–Trinajstić information content (AvgIpc) is 3.37. The zero-order valence-corrected chi connectivity index (χ0v) is 18.6. The van der Waals surface area contributed by atoms with Crippen LogP contribution in [0.2, 0.25) is 0 Å². The second kappa shape index (κ2) is 8.12. The number of fused-ring (bicyclic) bond motifs is 1. The number of aryl methyl sites for hydroxylation is 1. The number of nitrogens with zero attached hydrogens (tertiary/aromatic N) is 5. The Morgan fingerprint density at radius 2 is 2.00 bits per heavy atom. The summed E-state index contributed by atoms with van der Waals surface area (Å²) < 4.78 is 32.4. The molecule has 3 heterocycles. The number of anilines is 2. The van der Waals surface area contributed by atoms with Crippen molar-refractivity contribution in [1.29, 1.82) is 0 Å². The van der Waals surface area contributed by atoms with Crippen molar-refractivity contribution in [3.8, 4) is 11.3 Å². The Kier molecular flexibility index (Phi) is 5.50. The zero-order valence-electron chi connectivity index (χ0n) is 17.8. The summed E-state index contributed by atoms with van der Waals surface area (Å²) in [6.07, 6.45) is 7.01. The molecule has 31 heavy (non-hydrogen) atoms. The average molecular weight is 441 g/mol. The largest absolute Gasteiger partial charge is 0.366 e. The first-order chi connectivity index (χ1) is 14.8. The molecule has 0 bridgehead atoms. The van der Waals surface area contributed by atoms with E-state index >= 15 is 0 Å². The molecule has 0 radical (unpaired) electrons. The van der Waals surface area contributed by atoms with E-state index in [0.717, 1.165) is 31.9 Å². The third-order valence-electron chi connectivity index (χ3n) is 4.79. The summed E-state index contributed by atoms with van der Waals surface area (Å²) in [5.74, 6) is 0.443. The van der Waals surface area contributed by atoms with Gasteiger partial charge in [-0.1, -0.05) is 0 Å². The molecule has 9 nitrogen and oxygen atoms in total. The second-order valence-corrected chi connectivity index (χ2v) is 8.89. The Bertz CT molecular complexity index is 1340. The highest BCUT2D eigenvalue weighted by molar-refractivity contribution is 7.85. The van der Waals surface area contributed by atoms with Gasteiger partial charge in [0, 0.05) is 41.3 Å². The van der Waals surface area contributed by atoms with Gasteiger partial charge in [-0.05, 0) is 57.5 Å². The molecule has 0 unspecified atom stereocenters. The van der Waals surface area contributed by atoms with Crippen molar-refractivity contribution in [2.45, 2.75) is 33.7 Å². The lowest BCUT2D eigenvalue weighted by Crippen LogP contribution is -2.14. The SMILES string of the molecule is CCOS(=O)(=O)n1ccc2cc(Nc3ncc(C)c(-c4cnn(C(C)C)c4)n3)ccc21. The molecule has 4 rings (SSSR count). The van der Waals surface area contributed by atoms with Crippen LogP contribution in [0.1, 0.15) is 32.4 Å². The van der Waals surface area contributed by atoms with Crippen LogP contribution in [0.3, 0.4) is 0 Å². The predicted octanol–water partition coefficient (Wildman–Crippen LogP) is 4.06. The maximum absolute atomic E-state index is 12.2. The van der Waals surface area contributed by atoms with Crippen molar-refractivity contribution in [1.82, 2.24) is 23.7 Å². The Morgan fingerprint density at radius 3 is 2.71 bits per heavy atom. The third-order valence-corrected chi connectivity index (χ3v) is 6.13. The van der Waals surface area contributed by atoms with Gasteiger partial charge in [-0.3, -0.25) is 8.86 Å². The van der Waals surface area contributed by atoms with E-state index in [1.54, 1.807) is 37.5 Å². The Hall–Kier alpha value is -3.24. The summed E-state index contributed by atoms with van der Waals surface area (Å²) in [4.78, 5) is 9.04. The molecule has 1 aromatic carbocycles. The van der Waals surface area contributed by atoms with Gasteiger partial charge < -0.3 is 5.32 Å². The predicted molar refractivity (Wildman–Crippen MR) is 120 cm³/mol. The van der Waals surface area contributed by atoms with E-state index < -0.39 is 10.3 Å². The van der Waals surface area contributed by atoms with Crippen LogP contribution in [0.15, 0.2) is 49.1 Å². The van der Waals surface area contributed by atoms with Crippen molar-refractivity contribution in [2.24, 2.45) is 0 Å². The number of benzene rings is 1. The van der Waals surface area contributed by atoms with Gasteiger partial charge in [-0.15, -0.1) is 0 Å². The van der Waals surface area contributed by atoms with Gasteiger partial charge in [0.15, 0.2) is 0 Å². The van der Waals surface area contributed by atoms with Gasteiger partial charge in [-0.2, -0.15) is 13.5 Å². The van der Waals surface area contributed by atoms with Gasteiger partial charge >= 0.3 is 10.3 Å². The van der Waals surface area contributed by atoms with Crippen molar-refractivity contribution >= 4 is 32.8 Å². The summed E-state index contributed by atoms with van der Waals surface area (Å²) in [5, 5.41) is 8.34. The molecule has 10 heteroatoms. The molecule has 4 aromatic rings. The van der Waals surface area contributed by atoms with E-state index in [9.17, 15) is 8.42 Å². The Balaban J connectivity index is 1.63. The Labute approximate surface area is 181 Å². The lowest BCUT2D eigenvalue weighted by atomic mass is 10.1. The molecule has 162 valence electrons. The molecule has 0 aliphatic rings. The normalized spacial score (nSPS) is 12.0. The van der Waals surface area contributed by atoms with Crippen LogP contribution in [0.25, 0.3) is 22.2 Å². The third kappa shape index (κ3) is 4.17. The summed E-state index contributed by atoms with van der Waals surface area (Å²) in [5.41, 5.74) is 3.95. The van der Waals surface area contributed by atoms with Crippen LogP contribution in [0.5, 0.6) is 0 Å². The zero-order chi connectivity index (χ0) is 22.2. The van der Waals surface area contributed by atoms with Crippen LogP contribution >= 0.6 is 0 Å². The maximum Gasteiger partial charge on any atom is 0.366 e. The first-order valence-electron chi connectivity index (χ1n) is 9.94. The van der Waals surface area contributed by atoms with E-state index in [-0.39, 0.29) is 12.6 Å². The van der Waals surface area contributed by atoms with Crippen molar-refractivity contribution in [2.75, 3.05) is 11.9 Å². The van der Waals surface area contributed by atoms with E-state index in [1.807, 2.05) is 23.9 Å². The van der Waals surface area contributed by atoms with Crippen LogP contribution in [-0.2, 0) is 14.5 Å². The van der Waals surface area contributed by atoms with Crippen LogP contribution in [0.4, 0.5) is 11.6 Å². The minimum atomic E-state index is -3.85. The molecular weight excluding hydrogens is 416 g/mol. The van der Waals surface area contributed by atoms with Gasteiger partial charge in [-0.25, -0.2) is 13.9 Å². The fourth-order valence-electron chi connectivity index (χ4n) is 3.26. The fraction of sp³-hybridized carbons (Fsp3) is 0.286. The highest BCUT2D eigenvalue weighted by Gasteiger charge is 2.16. The van der Waals surface area contributed by atoms with Gasteiger partial charge in [0.1, 0.15) is 0 Å². The number of hydrogen-bond donors (Lipinski definition) is 1. The van der Waals surface area contributed by atoms with E-state index in [1.165, 1.54) is 6.20 Å². The van der Waals surface area contributed by atoms with Crippen LogP contribution < -0.4 is 5.32 Å². The molecule has 0 fully saturated rings. The molecule has 0 saturated heterocycles. The van der Waals surface area contributed by atoms with Gasteiger partial charge in [0.2, 0.25) is 5.95 Å². The second-order valence-electron chi connectivity index (χ2n) is 7.40. The molecule has 0 aliphatic carbocycles. The van der Waals surface area contributed by atoms with Crippen molar-refractivity contribution in [3.05, 3.63) is 54.6 Å². The molecule has 0 amide bonds. The molecule has 0 aliphatic heterocycles. The smallest absolute Gasteiger partial charge is 0.324 e. The Morgan fingerprint density at radius 1 is 1.19 bits per heavy atom. The van der Waals surface area contributed by atoms with E-state index in [2.05, 4.69) is 34.2 Å². The highest BCUT2D eigenvalue weighted by atomic mass is 32.2.